The quantitative estimate of drug-likeness (QED) is 0.480. The van der Waals surface area contributed by atoms with E-state index >= 15 is 0 Å². The highest BCUT2D eigenvalue weighted by atomic mass is 16.5. The van der Waals surface area contributed by atoms with E-state index < -0.39 is 5.97 Å². The van der Waals surface area contributed by atoms with E-state index in [4.69, 9.17) is 4.74 Å². The molecular weight excluding hydrogens is 444 g/mol. The summed E-state index contributed by atoms with van der Waals surface area (Å²) in [6, 6.07) is 15.0. The molecule has 182 valence electrons. The predicted octanol–water partition coefficient (Wildman–Crippen LogP) is 3.80. The van der Waals surface area contributed by atoms with Crippen LogP contribution in [0, 0.1) is 0 Å². The number of hydrogen-bond acceptors (Lipinski definition) is 6. The van der Waals surface area contributed by atoms with Crippen molar-refractivity contribution in [3.63, 3.8) is 0 Å². The van der Waals surface area contributed by atoms with Gasteiger partial charge in [-0.2, -0.15) is 0 Å². The zero-order valence-corrected chi connectivity index (χ0v) is 19.7. The first-order valence-corrected chi connectivity index (χ1v) is 12.2. The van der Waals surface area contributed by atoms with E-state index in [-0.39, 0.29) is 17.4 Å². The first-order chi connectivity index (χ1) is 17.1. The van der Waals surface area contributed by atoms with Gasteiger partial charge in [0.05, 0.1) is 12.3 Å². The van der Waals surface area contributed by atoms with E-state index in [9.17, 15) is 14.7 Å². The minimum absolute atomic E-state index is 0.0555. The molecule has 1 fully saturated rings. The van der Waals surface area contributed by atoms with Crippen LogP contribution in [0.1, 0.15) is 35.2 Å². The van der Waals surface area contributed by atoms with Crippen molar-refractivity contribution in [2.75, 3.05) is 49.5 Å². The summed E-state index contributed by atoms with van der Waals surface area (Å²) in [6.07, 6.45) is 4.19. The van der Waals surface area contributed by atoms with Crippen LogP contribution >= 0.6 is 0 Å². The van der Waals surface area contributed by atoms with Crippen LogP contribution < -0.4 is 15.0 Å². The number of carbonyl (C=O) groups excluding carboxylic acids is 1. The molecule has 0 bridgehead atoms. The van der Waals surface area contributed by atoms with E-state index in [1.165, 1.54) is 16.5 Å². The molecule has 0 atom stereocenters. The minimum Gasteiger partial charge on any atom is -0.477 e. The SMILES string of the molecule is O=C1CCc2cnc(OCCCCN3CCN(c4cccc5ccccc45)CC3)c(C(=O)O)c2N1. The van der Waals surface area contributed by atoms with Gasteiger partial charge >= 0.3 is 5.97 Å². The molecule has 0 spiro atoms. The normalized spacial score (nSPS) is 16.1. The molecule has 0 unspecified atom stereocenters. The monoisotopic (exact) mass is 474 g/mol. The zero-order chi connectivity index (χ0) is 24.2. The van der Waals surface area contributed by atoms with Crippen molar-refractivity contribution in [3.8, 4) is 5.88 Å². The Morgan fingerprint density at radius 3 is 2.66 bits per heavy atom. The Bertz CT molecular complexity index is 1230. The fourth-order valence-electron chi connectivity index (χ4n) is 4.93. The second kappa shape index (κ2) is 10.3. The van der Waals surface area contributed by atoms with Crippen molar-refractivity contribution in [2.24, 2.45) is 0 Å². The maximum Gasteiger partial charge on any atom is 0.343 e. The fraction of sp³-hybridized carbons (Fsp3) is 0.370. The summed E-state index contributed by atoms with van der Waals surface area (Å²) in [6.45, 7) is 5.38. The van der Waals surface area contributed by atoms with Crippen molar-refractivity contribution in [3.05, 3.63) is 59.8 Å². The number of hydrogen-bond donors (Lipinski definition) is 2. The Morgan fingerprint density at radius 2 is 1.83 bits per heavy atom. The second-order valence-corrected chi connectivity index (χ2v) is 9.07. The Labute approximate surface area is 204 Å². The van der Waals surface area contributed by atoms with Crippen LogP contribution in [0.15, 0.2) is 48.7 Å². The standard InChI is InChI=1S/C27H30N4O4/c32-23-11-10-20-18-28-26(24(27(33)34)25(20)29-23)35-17-4-3-12-30-13-15-31(16-14-30)22-9-5-7-19-6-1-2-8-21(19)22/h1-2,5-9,18H,3-4,10-17H2,(H,29,32)(H,33,34). The van der Waals surface area contributed by atoms with Gasteiger partial charge in [-0.05, 0) is 42.8 Å². The Kier molecular flexibility index (Phi) is 6.81. The first-order valence-electron chi connectivity index (χ1n) is 12.2. The molecule has 5 rings (SSSR count). The number of nitrogens with one attached hydrogen (secondary N) is 1. The highest BCUT2D eigenvalue weighted by Crippen LogP contribution is 2.32. The number of rotatable bonds is 8. The van der Waals surface area contributed by atoms with Crippen LogP contribution in [0.4, 0.5) is 11.4 Å². The number of piperazine rings is 1. The molecule has 2 aliphatic heterocycles. The predicted molar refractivity (Wildman–Crippen MR) is 135 cm³/mol. The van der Waals surface area contributed by atoms with E-state index in [1.54, 1.807) is 6.20 Å². The summed E-state index contributed by atoms with van der Waals surface area (Å²) in [4.78, 5) is 32.7. The van der Waals surface area contributed by atoms with Gasteiger partial charge in [-0.3, -0.25) is 9.69 Å². The highest BCUT2D eigenvalue weighted by Gasteiger charge is 2.26. The minimum atomic E-state index is -1.14. The van der Waals surface area contributed by atoms with Gasteiger partial charge < -0.3 is 20.1 Å². The number of carbonyl (C=O) groups is 2. The van der Waals surface area contributed by atoms with Gasteiger partial charge in [-0.25, -0.2) is 9.78 Å². The third-order valence-corrected chi connectivity index (χ3v) is 6.81. The number of carboxylic acid groups (broad SMARTS) is 1. The number of aromatic carboxylic acids is 1. The van der Waals surface area contributed by atoms with Crippen LogP contribution in [0.3, 0.4) is 0 Å². The lowest BCUT2D eigenvalue weighted by molar-refractivity contribution is -0.116. The number of anilines is 2. The van der Waals surface area contributed by atoms with Crippen LogP contribution in [-0.2, 0) is 11.2 Å². The number of nitrogens with zero attached hydrogens (tertiary/aromatic N) is 3. The summed E-state index contributed by atoms with van der Waals surface area (Å²) in [7, 11) is 0. The van der Waals surface area contributed by atoms with Gasteiger partial charge in [0.2, 0.25) is 11.8 Å². The molecule has 3 aromatic rings. The average Bonchev–Trinajstić information content (AvgIpc) is 2.88. The van der Waals surface area contributed by atoms with Crippen molar-refractivity contribution in [1.82, 2.24) is 9.88 Å². The number of pyridine rings is 1. The van der Waals surface area contributed by atoms with E-state index in [0.29, 0.717) is 25.1 Å². The van der Waals surface area contributed by atoms with Crippen molar-refractivity contribution in [1.29, 1.82) is 0 Å². The summed E-state index contributed by atoms with van der Waals surface area (Å²) >= 11 is 0. The highest BCUT2D eigenvalue weighted by molar-refractivity contribution is 6.04. The number of aromatic nitrogens is 1. The second-order valence-electron chi connectivity index (χ2n) is 9.07. The Hall–Kier alpha value is -3.65. The molecule has 2 aromatic carbocycles. The molecule has 0 radical (unpaired) electrons. The van der Waals surface area contributed by atoms with Crippen LogP contribution in [0.25, 0.3) is 10.8 Å². The number of unbranched alkanes of at least 4 members (excludes halogenated alkanes) is 1. The molecule has 1 amide bonds. The van der Waals surface area contributed by atoms with Crippen molar-refractivity contribution >= 4 is 34.0 Å². The van der Waals surface area contributed by atoms with Crippen molar-refractivity contribution in [2.45, 2.75) is 25.7 Å². The van der Waals surface area contributed by atoms with E-state index in [2.05, 4.69) is 62.6 Å². The third-order valence-electron chi connectivity index (χ3n) is 6.81. The fourth-order valence-corrected chi connectivity index (χ4v) is 4.93. The summed E-state index contributed by atoms with van der Waals surface area (Å²) in [5.74, 6) is -1.25. The average molecular weight is 475 g/mol. The van der Waals surface area contributed by atoms with E-state index in [1.807, 2.05) is 0 Å². The Balaban J connectivity index is 1.09. The van der Waals surface area contributed by atoms with Crippen LogP contribution in [-0.4, -0.2) is 66.2 Å². The summed E-state index contributed by atoms with van der Waals surface area (Å²) in [5.41, 5.74) is 2.30. The van der Waals surface area contributed by atoms with Gasteiger partial charge in [0, 0.05) is 49.9 Å². The molecule has 2 aliphatic rings. The smallest absolute Gasteiger partial charge is 0.343 e. The number of aryl methyl sites for hydroxylation is 1. The number of amides is 1. The molecular formula is C27H30N4O4. The lowest BCUT2D eigenvalue weighted by Gasteiger charge is -2.36. The Morgan fingerprint density at radius 1 is 1.03 bits per heavy atom. The number of fused-ring (bicyclic) bond motifs is 2. The summed E-state index contributed by atoms with van der Waals surface area (Å²) < 4.78 is 5.73. The molecule has 35 heavy (non-hydrogen) atoms. The van der Waals surface area contributed by atoms with Crippen molar-refractivity contribution < 1.29 is 19.4 Å². The summed E-state index contributed by atoms with van der Waals surface area (Å²) in [5, 5.41) is 14.9. The van der Waals surface area contributed by atoms with Gasteiger partial charge in [0.25, 0.3) is 0 Å². The molecule has 2 N–H and O–H groups in total. The number of ether oxygens (including phenoxy) is 1. The van der Waals surface area contributed by atoms with Gasteiger partial charge in [0.1, 0.15) is 5.56 Å². The van der Waals surface area contributed by atoms with Gasteiger partial charge in [-0.1, -0.05) is 36.4 Å². The topological polar surface area (TPSA) is 95.0 Å². The zero-order valence-electron chi connectivity index (χ0n) is 19.7. The van der Waals surface area contributed by atoms with Gasteiger partial charge in [0.15, 0.2) is 0 Å². The molecule has 8 nitrogen and oxygen atoms in total. The molecule has 0 aliphatic carbocycles. The number of carboxylic acids is 1. The van der Waals surface area contributed by atoms with Crippen LogP contribution in [0.5, 0.6) is 5.88 Å². The van der Waals surface area contributed by atoms with Gasteiger partial charge in [-0.15, -0.1) is 0 Å². The first kappa shape index (κ1) is 23.1. The largest absolute Gasteiger partial charge is 0.477 e. The van der Waals surface area contributed by atoms with Crippen LogP contribution in [0.2, 0.25) is 0 Å². The lowest BCUT2D eigenvalue weighted by atomic mass is 10.0. The van der Waals surface area contributed by atoms with E-state index in [0.717, 1.165) is 51.1 Å². The lowest BCUT2D eigenvalue weighted by Crippen LogP contribution is -2.46. The third kappa shape index (κ3) is 5.07. The molecule has 8 heteroatoms. The number of benzene rings is 2. The molecule has 1 saturated heterocycles. The maximum absolute atomic E-state index is 11.8. The molecule has 0 saturated carbocycles. The molecule has 1 aromatic heterocycles. The maximum atomic E-state index is 11.8. The molecule has 3 heterocycles.